The largest absolute Gasteiger partial charge is 0.396 e. The van der Waals surface area contributed by atoms with Crippen molar-refractivity contribution in [1.82, 2.24) is 0 Å². The van der Waals surface area contributed by atoms with Gasteiger partial charge < -0.3 is 5.11 Å². The van der Waals surface area contributed by atoms with E-state index in [1.807, 2.05) is 0 Å². The molecule has 0 aromatic heterocycles. The van der Waals surface area contributed by atoms with Crippen molar-refractivity contribution in [3.05, 3.63) is 0 Å². The normalized spacial score (nSPS) is 34.1. The zero-order valence-electron chi connectivity index (χ0n) is 7.71. The molecule has 0 radical (unpaired) electrons. The number of rotatable bonds is 3. The van der Waals surface area contributed by atoms with Gasteiger partial charge in [0.1, 0.15) is 0 Å². The fourth-order valence-electron chi connectivity index (χ4n) is 2.13. The fourth-order valence-corrected chi connectivity index (χ4v) is 2.13. The van der Waals surface area contributed by atoms with E-state index in [9.17, 15) is 0 Å². The average Bonchev–Trinajstić information content (AvgIpc) is 2.50. The van der Waals surface area contributed by atoms with Crippen molar-refractivity contribution in [3.63, 3.8) is 0 Å². The van der Waals surface area contributed by atoms with E-state index in [0.717, 1.165) is 11.8 Å². The van der Waals surface area contributed by atoms with Gasteiger partial charge in [-0.2, -0.15) is 0 Å². The van der Waals surface area contributed by atoms with E-state index in [2.05, 4.69) is 13.8 Å². The van der Waals surface area contributed by atoms with Crippen LogP contribution >= 0.6 is 0 Å². The molecule has 0 aromatic carbocycles. The standard InChI is InChI=1S/C10H20O/c1-3-8(2)10-5-4-9(6-10)7-11/h8-11H,3-7H2,1-2H3/t8?,9-,10-/m1/s1. The van der Waals surface area contributed by atoms with E-state index in [1.165, 1.54) is 25.7 Å². The Balaban J connectivity index is 2.29. The number of hydrogen-bond acceptors (Lipinski definition) is 1. The zero-order valence-corrected chi connectivity index (χ0v) is 7.71. The molecule has 0 amide bonds. The van der Waals surface area contributed by atoms with E-state index >= 15 is 0 Å². The molecule has 0 heterocycles. The third kappa shape index (κ3) is 2.19. The molecule has 1 N–H and O–H groups in total. The van der Waals surface area contributed by atoms with Crippen molar-refractivity contribution in [2.75, 3.05) is 6.61 Å². The number of hydrogen-bond donors (Lipinski definition) is 1. The maximum Gasteiger partial charge on any atom is 0.0459 e. The van der Waals surface area contributed by atoms with Crippen molar-refractivity contribution in [3.8, 4) is 0 Å². The molecule has 0 aliphatic heterocycles. The molecule has 0 bridgehead atoms. The Labute approximate surface area is 69.8 Å². The van der Waals surface area contributed by atoms with E-state index in [0.29, 0.717) is 12.5 Å². The van der Waals surface area contributed by atoms with Crippen LogP contribution in [0.15, 0.2) is 0 Å². The highest BCUT2D eigenvalue weighted by atomic mass is 16.3. The molecule has 1 aliphatic rings. The Morgan fingerprint density at radius 1 is 1.45 bits per heavy atom. The Morgan fingerprint density at radius 3 is 2.64 bits per heavy atom. The predicted molar refractivity (Wildman–Crippen MR) is 47.4 cm³/mol. The minimum atomic E-state index is 0.410. The second-order valence-corrected chi connectivity index (χ2v) is 4.01. The van der Waals surface area contributed by atoms with E-state index < -0.39 is 0 Å². The summed E-state index contributed by atoms with van der Waals surface area (Å²) in [4.78, 5) is 0. The van der Waals surface area contributed by atoms with Crippen molar-refractivity contribution >= 4 is 0 Å². The van der Waals surface area contributed by atoms with E-state index in [4.69, 9.17) is 5.11 Å². The lowest BCUT2D eigenvalue weighted by atomic mass is 9.90. The van der Waals surface area contributed by atoms with Crippen LogP contribution in [0.2, 0.25) is 0 Å². The van der Waals surface area contributed by atoms with Crippen molar-refractivity contribution in [2.24, 2.45) is 17.8 Å². The maximum absolute atomic E-state index is 8.94. The topological polar surface area (TPSA) is 20.2 Å². The first-order chi connectivity index (χ1) is 5.27. The van der Waals surface area contributed by atoms with Crippen LogP contribution in [0.1, 0.15) is 39.5 Å². The van der Waals surface area contributed by atoms with Crippen LogP contribution in [0.3, 0.4) is 0 Å². The van der Waals surface area contributed by atoms with Gasteiger partial charge >= 0.3 is 0 Å². The van der Waals surface area contributed by atoms with Gasteiger partial charge in [-0.05, 0) is 37.0 Å². The summed E-state index contributed by atoms with van der Waals surface area (Å²) >= 11 is 0. The van der Waals surface area contributed by atoms with Crippen molar-refractivity contribution < 1.29 is 5.11 Å². The molecule has 0 aromatic rings. The van der Waals surface area contributed by atoms with Crippen molar-refractivity contribution in [1.29, 1.82) is 0 Å². The molecule has 1 heteroatoms. The van der Waals surface area contributed by atoms with Gasteiger partial charge in [0.25, 0.3) is 0 Å². The molecular weight excluding hydrogens is 136 g/mol. The summed E-state index contributed by atoms with van der Waals surface area (Å²) in [5.41, 5.74) is 0. The highest BCUT2D eigenvalue weighted by Crippen LogP contribution is 2.36. The second-order valence-electron chi connectivity index (χ2n) is 4.01. The Kier molecular flexibility index (Phi) is 3.38. The number of aliphatic hydroxyl groups excluding tert-OH is 1. The van der Waals surface area contributed by atoms with Crippen LogP contribution in [-0.2, 0) is 0 Å². The van der Waals surface area contributed by atoms with Gasteiger partial charge in [0, 0.05) is 6.61 Å². The quantitative estimate of drug-likeness (QED) is 0.665. The second kappa shape index (κ2) is 4.10. The van der Waals surface area contributed by atoms with Gasteiger partial charge in [-0.3, -0.25) is 0 Å². The lowest BCUT2D eigenvalue weighted by Gasteiger charge is -2.16. The fraction of sp³-hybridized carbons (Fsp3) is 1.00. The molecule has 1 unspecified atom stereocenters. The first kappa shape index (κ1) is 9.05. The Bertz CT molecular complexity index is 111. The molecular formula is C10H20O. The van der Waals surface area contributed by atoms with Crippen LogP contribution in [0.4, 0.5) is 0 Å². The van der Waals surface area contributed by atoms with Gasteiger partial charge in [0.15, 0.2) is 0 Å². The molecule has 66 valence electrons. The molecule has 11 heavy (non-hydrogen) atoms. The van der Waals surface area contributed by atoms with Gasteiger partial charge in [-0.15, -0.1) is 0 Å². The predicted octanol–water partition coefficient (Wildman–Crippen LogP) is 2.44. The van der Waals surface area contributed by atoms with Crippen LogP contribution in [0.5, 0.6) is 0 Å². The number of aliphatic hydroxyl groups is 1. The summed E-state index contributed by atoms with van der Waals surface area (Å²) < 4.78 is 0. The molecule has 1 aliphatic carbocycles. The maximum atomic E-state index is 8.94. The summed E-state index contributed by atoms with van der Waals surface area (Å²) in [6.45, 7) is 5.01. The summed E-state index contributed by atoms with van der Waals surface area (Å²) in [7, 11) is 0. The molecule has 0 spiro atoms. The first-order valence-corrected chi connectivity index (χ1v) is 4.88. The molecule has 1 fully saturated rings. The van der Waals surface area contributed by atoms with Crippen LogP contribution in [-0.4, -0.2) is 11.7 Å². The smallest absolute Gasteiger partial charge is 0.0459 e. The summed E-state index contributed by atoms with van der Waals surface area (Å²) in [6.07, 6.45) is 5.17. The molecule has 1 rings (SSSR count). The lowest BCUT2D eigenvalue weighted by molar-refractivity contribution is 0.220. The van der Waals surface area contributed by atoms with Crippen molar-refractivity contribution in [2.45, 2.75) is 39.5 Å². The third-order valence-corrected chi connectivity index (χ3v) is 3.29. The molecule has 3 atom stereocenters. The Morgan fingerprint density at radius 2 is 2.18 bits per heavy atom. The third-order valence-electron chi connectivity index (χ3n) is 3.29. The minimum absolute atomic E-state index is 0.410. The van der Waals surface area contributed by atoms with E-state index in [1.54, 1.807) is 0 Å². The average molecular weight is 156 g/mol. The molecule has 1 nitrogen and oxygen atoms in total. The monoisotopic (exact) mass is 156 g/mol. The van der Waals surface area contributed by atoms with Crippen LogP contribution in [0, 0.1) is 17.8 Å². The van der Waals surface area contributed by atoms with Crippen LogP contribution in [0.25, 0.3) is 0 Å². The zero-order chi connectivity index (χ0) is 8.27. The Hall–Kier alpha value is -0.0400. The van der Waals surface area contributed by atoms with Gasteiger partial charge in [0.05, 0.1) is 0 Å². The molecule has 0 saturated heterocycles. The van der Waals surface area contributed by atoms with Gasteiger partial charge in [-0.25, -0.2) is 0 Å². The SMILES string of the molecule is CCC(C)[C@@H]1CC[C@@H](CO)C1. The minimum Gasteiger partial charge on any atom is -0.396 e. The first-order valence-electron chi connectivity index (χ1n) is 4.88. The summed E-state index contributed by atoms with van der Waals surface area (Å²) in [6, 6.07) is 0. The lowest BCUT2D eigenvalue weighted by Crippen LogP contribution is -2.08. The molecule has 1 saturated carbocycles. The highest BCUT2D eigenvalue weighted by molar-refractivity contribution is 4.77. The van der Waals surface area contributed by atoms with Crippen LogP contribution < -0.4 is 0 Å². The van der Waals surface area contributed by atoms with E-state index in [-0.39, 0.29) is 0 Å². The van der Waals surface area contributed by atoms with Gasteiger partial charge in [0.2, 0.25) is 0 Å². The summed E-state index contributed by atoms with van der Waals surface area (Å²) in [5, 5.41) is 8.94. The highest BCUT2D eigenvalue weighted by Gasteiger charge is 2.26. The van der Waals surface area contributed by atoms with Gasteiger partial charge in [-0.1, -0.05) is 20.3 Å². The summed E-state index contributed by atoms with van der Waals surface area (Å²) in [5.74, 6) is 2.39.